The number of carboxylic acid groups (broad SMARTS) is 1. The SMILES string of the molecule is CC1CCCC1CNC(=O)C(C)(C)C(=O)O. The van der Waals surface area contributed by atoms with Crippen molar-refractivity contribution in [2.24, 2.45) is 17.3 Å². The first-order valence-electron chi connectivity index (χ1n) is 5.87. The minimum Gasteiger partial charge on any atom is -0.480 e. The van der Waals surface area contributed by atoms with Gasteiger partial charge in [-0.1, -0.05) is 19.8 Å². The van der Waals surface area contributed by atoms with Crippen LogP contribution < -0.4 is 5.32 Å². The third-order valence-electron chi connectivity index (χ3n) is 3.67. The molecule has 1 amide bonds. The van der Waals surface area contributed by atoms with Crippen molar-refractivity contribution in [3.8, 4) is 0 Å². The Morgan fingerprint density at radius 3 is 2.44 bits per heavy atom. The van der Waals surface area contributed by atoms with Crippen molar-refractivity contribution >= 4 is 11.9 Å². The summed E-state index contributed by atoms with van der Waals surface area (Å²) in [5.41, 5.74) is -1.33. The maximum absolute atomic E-state index is 11.7. The van der Waals surface area contributed by atoms with E-state index in [2.05, 4.69) is 12.2 Å². The van der Waals surface area contributed by atoms with E-state index in [4.69, 9.17) is 5.11 Å². The standard InChI is InChI=1S/C12H21NO3/c1-8-5-4-6-9(8)7-13-10(14)12(2,3)11(15)16/h8-9H,4-7H2,1-3H3,(H,13,14)(H,15,16). The normalized spacial score (nSPS) is 25.4. The van der Waals surface area contributed by atoms with Crippen LogP contribution in [0.5, 0.6) is 0 Å². The molecule has 2 unspecified atom stereocenters. The molecule has 1 fully saturated rings. The van der Waals surface area contributed by atoms with Gasteiger partial charge in [-0.2, -0.15) is 0 Å². The van der Waals surface area contributed by atoms with Crippen molar-refractivity contribution in [2.75, 3.05) is 6.54 Å². The smallest absolute Gasteiger partial charge is 0.318 e. The molecule has 92 valence electrons. The monoisotopic (exact) mass is 227 g/mol. The summed E-state index contributed by atoms with van der Waals surface area (Å²) in [4.78, 5) is 22.5. The Balaban J connectivity index is 2.43. The lowest BCUT2D eigenvalue weighted by molar-refractivity contribution is -0.153. The van der Waals surface area contributed by atoms with Crippen LogP contribution in [0.25, 0.3) is 0 Å². The van der Waals surface area contributed by atoms with Gasteiger partial charge in [-0.05, 0) is 32.1 Å². The van der Waals surface area contributed by atoms with Crippen molar-refractivity contribution in [2.45, 2.75) is 40.0 Å². The first-order chi connectivity index (χ1) is 7.35. The fraction of sp³-hybridized carbons (Fsp3) is 0.833. The van der Waals surface area contributed by atoms with Gasteiger partial charge in [-0.25, -0.2) is 0 Å². The Labute approximate surface area is 96.4 Å². The Morgan fingerprint density at radius 2 is 2.00 bits per heavy atom. The molecule has 1 rings (SSSR count). The number of carboxylic acids is 1. The van der Waals surface area contributed by atoms with Gasteiger partial charge < -0.3 is 10.4 Å². The number of carbonyl (C=O) groups is 2. The van der Waals surface area contributed by atoms with Crippen LogP contribution >= 0.6 is 0 Å². The number of aliphatic carboxylic acids is 1. The Hall–Kier alpha value is -1.06. The zero-order valence-electron chi connectivity index (χ0n) is 10.2. The Kier molecular flexibility index (Phi) is 3.94. The van der Waals surface area contributed by atoms with Gasteiger partial charge in [0, 0.05) is 6.54 Å². The summed E-state index contributed by atoms with van der Waals surface area (Å²) in [6.45, 7) is 5.66. The molecular weight excluding hydrogens is 206 g/mol. The van der Waals surface area contributed by atoms with Crippen LogP contribution in [0, 0.1) is 17.3 Å². The quantitative estimate of drug-likeness (QED) is 0.718. The summed E-state index contributed by atoms with van der Waals surface area (Å²) in [6.07, 6.45) is 3.56. The van der Waals surface area contributed by atoms with Crippen molar-refractivity contribution in [3.05, 3.63) is 0 Å². The Bertz CT molecular complexity index is 286. The van der Waals surface area contributed by atoms with E-state index in [-0.39, 0.29) is 5.91 Å². The van der Waals surface area contributed by atoms with Crippen molar-refractivity contribution in [1.29, 1.82) is 0 Å². The average molecular weight is 227 g/mol. The summed E-state index contributed by atoms with van der Waals surface area (Å²) in [6, 6.07) is 0. The van der Waals surface area contributed by atoms with Gasteiger partial charge in [0.2, 0.25) is 5.91 Å². The molecule has 0 radical (unpaired) electrons. The second-order valence-electron chi connectivity index (χ2n) is 5.31. The van der Waals surface area contributed by atoms with E-state index in [1.807, 2.05) is 0 Å². The van der Waals surface area contributed by atoms with E-state index in [0.29, 0.717) is 18.4 Å². The van der Waals surface area contributed by atoms with Gasteiger partial charge in [-0.3, -0.25) is 9.59 Å². The van der Waals surface area contributed by atoms with Crippen LogP contribution in [-0.2, 0) is 9.59 Å². The second kappa shape index (κ2) is 4.85. The van der Waals surface area contributed by atoms with Gasteiger partial charge in [0.25, 0.3) is 0 Å². The van der Waals surface area contributed by atoms with E-state index < -0.39 is 11.4 Å². The molecule has 4 heteroatoms. The second-order valence-corrected chi connectivity index (χ2v) is 5.31. The number of rotatable bonds is 4. The van der Waals surface area contributed by atoms with Crippen molar-refractivity contribution in [1.82, 2.24) is 5.32 Å². The number of hydrogen-bond acceptors (Lipinski definition) is 2. The maximum atomic E-state index is 11.7. The van der Waals surface area contributed by atoms with Crippen LogP contribution in [0.1, 0.15) is 40.0 Å². The van der Waals surface area contributed by atoms with E-state index >= 15 is 0 Å². The molecule has 0 saturated heterocycles. The van der Waals surface area contributed by atoms with Crippen LogP contribution in [0.3, 0.4) is 0 Å². The molecule has 2 atom stereocenters. The lowest BCUT2D eigenvalue weighted by Crippen LogP contribution is -2.44. The number of nitrogens with one attached hydrogen (secondary N) is 1. The molecule has 2 N–H and O–H groups in total. The summed E-state index contributed by atoms with van der Waals surface area (Å²) >= 11 is 0. The molecule has 0 aliphatic heterocycles. The zero-order chi connectivity index (χ0) is 12.3. The fourth-order valence-corrected chi connectivity index (χ4v) is 2.07. The van der Waals surface area contributed by atoms with Crippen molar-refractivity contribution in [3.63, 3.8) is 0 Å². The highest BCUT2D eigenvalue weighted by Gasteiger charge is 2.36. The average Bonchev–Trinajstić information content (AvgIpc) is 2.60. The summed E-state index contributed by atoms with van der Waals surface area (Å²) < 4.78 is 0. The minimum absolute atomic E-state index is 0.390. The van der Waals surface area contributed by atoms with Gasteiger partial charge in [0.1, 0.15) is 5.41 Å². The lowest BCUT2D eigenvalue weighted by atomic mass is 9.91. The fourth-order valence-electron chi connectivity index (χ4n) is 2.07. The van der Waals surface area contributed by atoms with E-state index in [1.54, 1.807) is 0 Å². The molecule has 0 aromatic rings. The third kappa shape index (κ3) is 2.74. The summed E-state index contributed by atoms with van der Waals surface area (Å²) in [7, 11) is 0. The molecule has 0 aromatic heterocycles. The molecular formula is C12H21NO3. The van der Waals surface area contributed by atoms with Crippen molar-refractivity contribution < 1.29 is 14.7 Å². The predicted molar refractivity (Wildman–Crippen MR) is 60.9 cm³/mol. The van der Waals surface area contributed by atoms with E-state index in [0.717, 1.165) is 6.42 Å². The molecule has 1 saturated carbocycles. The number of carbonyl (C=O) groups excluding carboxylic acids is 1. The Morgan fingerprint density at radius 1 is 1.38 bits per heavy atom. The molecule has 16 heavy (non-hydrogen) atoms. The number of hydrogen-bond donors (Lipinski definition) is 2. The van der Waals surface area contributed by atoms with Gasteiger partial charge in [0.05, 0.1) is 0 Å². The molecule has 4 nitrogen and oxygen atoms in total. The van der Waals surface area contributed by atoms with Crippen LogP contribution in [0.15, 0.2) is 0 Å². The first kappa shape index (κ1) is 13.0. The van der Waals surface area contributed by atoms with Gasteiger partial charge >= 0.3 is 5.97 Å². The predicted octanol–water partition coefficient (Wildman–Crippen LogP) is 1.65. The molecule has 0 aromatic carbocycles. The van der Waals surface area contributed by atoms with E-state index in [1.165, 1.54) is 26.7 Å². The van der Waals surface area contributed by atoms with Crippen LogP contribution in [-0.4, -0.2) is 23.5 Å². The molecule has 0 heterocycles. The third-order valence-corrected chi connectivity index (χ3v) is 3.67. The highest BCUT2D eigenvalue weighted by atomic mass is 16.4. The lowest BCUT2D eigenvalue weighted by Gasteiger charge is -2.21. The molecule has 0 bridgehead atoms. The molecule has 1 aliphatic rings. The van der Waals surface area contributed by atoms with E-state index in [9.17, 15) is 9.59 Å². The summed E-state index contributed by atoms with van der Waals surface area (Å²) in [5, 5.41) is 11.7. The number of amides is 1. The molecule has 0 spiro atoms. The largest absolute Gasteiger partial charge is 0.480 e. The zero-order valence-corrected chi connectivity index (χ0v) is 10.2. The highest BCUT2D eigenvalue weighted by Crippen LogP contribution is 2.30. The first-order valence-corrected chi connectivity index (χ1v) is 5.87. The van der Waals surface area contributed by atoms with Crippen LogP contribution in [0.2, 0.25) is 0 Å². The van der Waals surface area contributed by atoms with Crippen LogP contribution in [0.4, 0.5) is 0 Å². The topological polar surface area (TPSA) is 66.4 Å². The minimum atomic E-state index is -1.33. The molecule has 1 aliphatic carbocycles. The maximum Gasteiger partial charge on any atom is 0.318 e. The summed E-state index contributed by atoms with van der Waals surface area (Å²) in [5.74, 6) is -0.328. The highest BCUT2D eigenvalue weighted by molar-refractivity contribution is 6.00. The van der Waals surface area contributed by atoms with Gasteiger partial charge in [0.15, 0.2) is 0 Å². The van der Waals surface area contributed by atoms with Gasteiger partial charge in [-0.15, -0.1) is 0 Å².